The highest BCUT2D eigenvalue weighted by Gasteiger charge is 2.45. The summed E-state index contributed by atoms with van der Waals surface area (Å²) in [5.74, 6) is 0.777. The summed E-state index contributed by atoms with van der Waals surface area (Å²) in [5.41, 5.74) is 3.52. The number of benzene rings is 2. The zero-order valence-electron chi connectivity index (χ0n) is 19.1. The summed E-state index contributed by atoms with van der Waals surface area (Å²) in [5, 5.41) is 2.85. The average molecular weight is 444 g/mol. The molecule has 6 heteroatoms. The number of nitrogens with zero attached hydrogens (tertiary/aromatic N) is 2. The van der Waals surface area contributed by atoms with Crippen molar-refractivity contribution in [3.8, 4) is 16.9 Å². The van der Waals surface area contributed by atoms with Gasteiger partial charge in [-0.15, -0.1) is 0 Å². The molecule has 0 radical (unpaired) electrons. The van der Waals surface area contributed by atoms with Crippen molar-refractivity contribution in [3.05, 3.63) is 84.2 Å². The van der Waals surface area contributed by atoms with Crippen LogP contribution in [0.1, 0.15) is 17.5 Å². The molecular formula is C27H29N3O3. The molecule has 2 amide bonds. The Kier molecular flexibility index (Phi) is 6.73. The van der Waals surface area contributed by atoms with Gasteiger partial charge in [0.15, 0.2) is 0 Å². The van der Waals surface area contributed by atoms with Crippen LogP contribution in [-0.4, -0.2) is 48.9 Å². The summed E-state index contributed by atoms with van der Waals surface area (Å²) in [4.78, 5) is 32.1. The monoisotopic (exact) mass is 443 g/mol. The molecule has 4 rings (SSSR count). The number of pyridine rings is 1. The van der Waals surface area contributed by atoms with Crippen LogP contribution in [0.25, 0.3) is 11.1 Å². The minimum absolute atomic E-state index is 0.0215. The van der Waals surface area contributed by atoms with Gasteiger partial charge >= 0.3 is 0 Å². The van der Waals surface area contributed by atoms with Gasteiger partial charge in [0.05, 0.1) is 18.9 Å². The maximum atomic E-state index is 13.1. The Balaban J connectivity index is 1.55. The molecule has 33 heavy (non-hydrogen) atoms. The molecule has 0 bridgehead atoms. The molecule has 1 aliphatic heterocycles. The summed E-state index contributed by atoms with van der Waals surface area (Å²) < 4.78 is 5.19. The first-order valence-electron chi connectivity index (χ1n) is 11.2. The number of hydrogen-bond donors (Lipinski definition) is 1. The Morgan fingerprint density at radius 2 is 1.79 bits per heavy atom. The molecule has 2 heterocycles. The number of amides is 2. The molecule has 1 saturated heterocycles. The van der Waals surface area contributed by atoms with Crippen molar-refractivity contribution >= 4 is 11.8 Å². The number of hydrogen-bond acceptors (Lipinski definition) is 4. The number of carbonyl (C=O) groups is 2. The van der Waals surface area contributed by atoms with Crippen LogP contribution in [0.3, 0.4) is 0 Å². The van der Waals surface area contributed by atoms with Gasteiger partial charge in [0.2, 0.25) is 11.8 Å². The fourth-order valence-corrected chi connectivity index (χ4v) is 4.64. The molecule has 3 aromatic rings. The molecule has 2 aromatic carbocycles. The lowest BCUT2D eigenvalue weighted by Crippen LogP contribution is -2.44. The van der Waals surface area contributed by atoms with Gasteiger partial charge < -0.3 is 15.0 Å². The number of methoxy groups -OCH3 is 1. The number of likely N-dealkylation sites (tertiary alicyclic amines) is 1. The second-order valence-electron chi connectivity index (χ2n) is 8.52. The van der Waals surface area contributed by atoms with Crippen LogP contribution in [0.4, 0.5) is 0 Å². The van der Waals surface area contributed by atoms with E-state index in [-0.39, 0.29) is 11.8 Å². The molecule has 1 atom stereocenters. The van der Waals surface area contributed by atoms with E-state index in [1.807, 2.05) is 53.4 Å². The molecule has 0 spiro atoms. The van der Waals surface area contributed by atoms with Crippen LogP contribution in [-0.2, 0) is 22.4 Å². The van der Waals surface area contributed by atoms with Gasteiger partial charge in [-0.25, -0.2) is 0 Å². The number of rotatable bonds is 7. The molecular weight excluding hydrogens is 414 g/mol. The maximum absolute atomic E-state index is 13.1. The standard InChI is InChI=1S/C27H29N3O3/c1-28-26(32)27(18-22-5-3-4-6-24(22)21-11-14-29-15-12-21)13-16-30(19-27)25(31)17-20-7-9-23(33-2)10-8-20/h3-12,14-15H,13,16-19H2,1-2H3,(H,28,32)/t27-/m0/s1. The summed E-state index contributed by atoms with van der Waals surface area (Å²) in [6, 6.07) is 19.6. The van der Waals surface area contributed by atoms with E-state index >= 15 is 0 Å². The van der Waals surface area contributed by atoms with E-state index in [2.05, 4.69) is 22.4 Å². The Morgan fingerprint density at radius 3 is 2.48 bits per heavy atom. The molecule has 1 aromatic heterocycles. The Morgan fingerprint density at radius 1 is 1.06 bits per heavy atom. The lowest BCUT2D eigenvalue weighted by molar-refractivity contribution is -0.132. The second-order valence-corrected chi connectivity index (χ2v) is 8.52. The highest BCUT2D eigenvalue weighted by Crippen LogP contribution is 2.37. The first kappa shape index (κ1) is 22.5. The van der Waals surface area contributed by atoms with E-state index in [1.165, 1.54) is 0 Å². The normalized spacial score (nSPS) is 17.6. The number of aromatic nitrogens is 1. The number of ether oxygens (including phenoxy) is 1. The smallest absolute Gasteiger partial charge is 0.228 e. The van der Waals surface area contributed by atoms with Gasteiger partial charge in [-0.05, 0) is 59.4 Å². The van der Waals surface area contributed by atoms with Crippen molar-refractivity contribution in [2.24, 2.45) is 5.41 Å². The van der Waals surface area contributed by atoms with Crippen LogP contribution >= 0.6 is 0 Å². The van der Waals surface area contributed by atoms with E-state index < -0.39 is 5.41 Å². The molecule has 1 fully saturated rings. The van der Waals surface area contributed by atoms with Crippen molar-refractivity contribution in [2.75, 3.05) is 27.2 Å². The van der Waals surface area contributed by atoms with Gasteiger partial charge in [-0.3, -0.25) is 14.6 Å². The largest absolute Gasteiger partial charge is 0.497 e. The minimum atomic E-state index is -0.659. The SMILES string of the molecule is CNC(=O)[C@]1(Cc2ccccc2-c2ccncc2)CCN(C(=O)Cc2ccc(OC)cc2)C1. The predicted octanol–water partition coefficient (Wildman–Crippen LogP) is 3.51. The Labute approximate surface area is 194 Å². The highest BCUT2D eigenvalue weighted by molar-refractivity contribution is 5.86. The fraction of sp³-hybridized carbons (Fsp3) is 0.296. The van der Waals surface area contributed by atoms with Crippen LogP contribution in [0.2, 0.25) is 0 Å². The van der Waals surface area contributed by atoms with Gasteiger partial charge in [0.25, 0.3) is 0 Å². The van der Waals surface area contributed by atoms with Crippen molar-refractivity contribution < 1.29 is 14.3 Å². The quantitative estimate of drug-likeness (QED) is 0.607. The molecule has 0 saturated carbocycles. The average Bonchev–Trinajstić information content (AvgIpc) is 3.30. The van der Waals surface area contributed by atoms with Crippen LogP contribution in [0, 0.1) is 5.41 Å². The minimum Gasteiger partial charge on any atom is -0.497 e. The molecule has 170 valence electrons. The van der Waals surface area contributed by atoms with E-state index in [0.29, 0.717) is 32.4 Å². The predicted molar refractivity (Wildman–Crippen MR) is 128 cm³/mol. The van der Waals surface area contributed by atoms with Gasteiger partial charge in [-0.1, -0.05) is 36.4 Å². The summed E-state index contributed by atoms with van der Waals surface area (Å²) in [7, 11) is 3.29. The summed E-state index contributed by atoms with van der Waals surface area (Å²) in [6.45, 7) is 0.978. The van der Waals surface area contributed by atoms with Crippen molar-refractivity contribution in [1.29, 1.82) is 0 Å². The lowest BCUT2D eigenvalue weighted by Gasteiger charge is -2.28. The first-order valence-corrected chi connectivity index (χ1v) is 11.2. The fourth-order valence-electron chi connectivity index (χ4n) is 4.64. The third-order valence-corrected chi connectivity index (χ3v) is 6.47. The zero-order chi connectivity index (χ0) is 23.3. The maximum Gasteiger partial charge on any atom is 0.228 e. The van der Waals surface area contributed by atoms with Gasteiger partial charge in [0.1, 0.15) is 5.75 Å². The Hall–Kier alpha value is -3.67. The first-order chi connectivity index (χ1) is 16.0. The zero-order valence-corrected chi connectivity index (χ0v) is 19.1. The van der Waals surface area contributed by atoms with Crippen molar-refractivity contribution in [3.63, 3.8) is 0 Å². The van der Waals surface area contributed by atoms with Crippen molar-refractivity contribution in [1.82, 2.24) is 15.2 Å². The van der Waals surface area contributed by atoms with Gasteiger partial charge in [0, 0.05) is 32.5 Å². The second kappa shape index (κ2) is 9.86. The number of carbonyl (C=O) groups excluding carboxylic acids is 2. The summed E-state index contributed by atoms with van der Waals surface area (Å²) >= 11 is 0. The van der Waals surface area contributed by atoms with Crippen LogP contribution in [0.5, 0.6) is 5.75 Å². The highest BCUT2D eigenvalue weighted by atomic mass is 16.5. The third-order valence-electron chi connectivity index (χ3n) is 6.47. The molecule has 6 nitrogen and oxygen atoms in total. The molecule has 1 N–H and O–H groups in total. The van der Waals surface area contributed by atoms with E-state index in [1.54, 1.807) is 26.6 Å². The Bertz CT molecular complexity index is 1110. The van der Waals surface area contributed by atoms with E-state index in [9.17, 15) is 9.59 Å². The summed E-state index contributed by atoms with van der Waals surface area (Å²) in [6.07, 6.45) is 5.05. The molecule has 1 aliphatic rings. The van der Waals surface area contributed by atoms with Gasteiger partial charge in [-0.2, -0.15) is 0 Å². The lowest BCUT2D eigenvalue weighted by atomic mass is 9.78. The van der Waals surface area contributed by atoms with Crippen LogP contribution < -0.4 is 10.1 Å². The topological polar surface area (TPSA) is 71.5 Å². The third kappa shape index (κ3) is 4.90. The molecule has 0 aliphatic carbocycles. The number of nitrogens with one attached hydrogen (secondary N) is 1. The van der Waals surface area contributed by atoms with E-state index in [4.69, 9.17) is 4.74 Å². The molecule has 0 unspecified atom stereocenters. The van der Waals surface area contributed by atoms with E-state index in [0.717, 1.165) is 28.0 Å². The van der Waals surface area contributed by atoms with Crippen LogP contribution in [0.15, 0.2) is 73.1 Å². The van der Waals surface area contributed by atoms with Crippen molar-refractivity contribution in [2.45, 2.75) is 19.3 Å².